The molecule has 120 valence electrons. The number of carbonyl (C=O) groups excluding carboxylic acids is 1. The lowest BCUT2D eigenvalue weighted by Crippen LogP contribution is -2.30. The molecule has 8 nitrogen and oxygen atoms in total. The molecule has 1 aromatic heterocycles. The molecule has 0 saturated carbocycles. The van der Waals surface area contributed by atoms with E-state index < -0.39 is 12.0 Å². The fraction of sp³-hybridized carbons (Fsp3) is 0.333. The van der Waals surface area contributed by atoms with Crippen LogP contribution < -0.4 is 5.32 Å². The van der Waals surface area contributed by atoms with Crippen LogP contribution in [-0.2, 0) is 9.53 Å². The molecule has 0 radical (unpaired) electrons. The van der Waals surface area contributed by atoms with Crippen molar-refractivity contribution in [1.82, 2.24) is 20.2 Å². The van der Waals surface area contributed by atoms with Crippen molar-refractivity contribution in [3.8, 4) is 5.75 Å². The fourth-order valence-corrected chi connectivity index (χ4v) is 2.56. The number of carbonyl (C=O) groups is 1. The average Bonchev–Trinajstić information content (AvgIpc) is 2.92. The summed E-state index contributed by atoms with van der Waals surface area (Å²) in [5.41, 5.74) is 1.71. The van der Waals surface area contributed by atoms with Gasteiger partial charge in [-0.3, -0.25) is 0 Å². The first-order chi connectivity index (χ1) is 11.0. The summed E-state index contributed by atoms with van der Waals surface area (Å²) in [4.78, 5) is 12.6. The van der Waals surface area contributed by atoms with Gasteiger partial charge < -0.3 is 15.2 Å². The van der Waals surface area contributed by atoms with Gasteiger partial charge in [-0.05, 0) is 48.9 Å². The van der Waals surface area contributed by atoms with Gasteiger partial charge in [0.25, 0.3) is 0 Å². The molecule has 0 aliphatic carbocycles. The van der Waals surface area contributed by atoms with Crippen LogP contribution in [0.2, 0.25) is 0 Å². The summed E-state index contributed by atoms with van der Waals surface area (Å²) in [5.74, 6) is 0.0846. The molecule has 2 aromatic rings. The molecule has 8 heteroatoms. The predicted molar refractivity (Wildman–Crippen MR) is 81.6 cm³/mol. The Kier molecular flexibility index (Phi) is 3.73. The zero-order valence-corrected chi connectivity index (χ0v) is 13.0. The summed E-state index contributed by atoms with van der Waals surface area (Å²) in [5, 5.41) is 24.3. The number of nitrogens with one attached hydrogen (secondary N) is 1. The van der Waals surface area contributed by atoms with E-state index in [-0.39, 0.29) is 11.9 Å². The maximum atomic E-state index is 12.6. The minimum absolute atomic E-state index is 0.102. The topological polar surface area (TPSA) is 102 Å². The van der Waals surface area contributed by atoms with Crippen LogP contribution in [-0.4, -0.2) is 37.4 Å². The Morgan fingerprint density at radius 3 is 2.91 bits per heavy atom. The lowest BCUT2D eigenvalue weighted by molar-refractivity contribution is -0.143. The standard InChI is InChI=1S/C15H17N5O3/c1-8(2)23-14(22)12-9(3)16-15-17-18-19-20(15)13(12)10-5-4-6-11(21)7-10/h4-8,13,21H,1-3H3,(H,16,17,19). The molecule has 1 unspecified atom stereocenters. The van der Waals surface area contributed by atoms with Gasteiger partial charge in [0.1, 0.15) is 11.8 Å². The normalized spacial score (nSPS) is 17.0. The van der Waals surface area contributed by atoms with Gasteiger partial charge in [-0.15, -0.1) is 0 Å². The number of ether oxygens (including phenoxy) is 1. The molecule has 0 spiro atoms. The third kappa shape index (κ3) is 2.75. The first-order valence-corrected chi connectivity index (χ1v) is 7.23. The van der Waals surface area contributed by atoms with E-state index in [0.717, 1.165) is 0 Å². The number of benzene rings is 1. The highest BCUT2D eigenvalue weighted by molar-refractivity contribution is 5.92. The Bertz CT molecular complexity index is 781. The van der Waals surface area contributed by atoms with Crippen molar-refractivity contribution in [2.45, 2.75) is 32.9 Å². The van der Waals surface area contributed by atoms with Crippen LogP contribution in [0, 0.1) is 0 Å². The lowest BCUT2D eigenvalue weighted by atomic mass is 9.95. The van der Waals surface area contributed by atoms with E-state index >= 15 is 0 Å². The number of aromatic hydroxyl groups is 1. The molecule has 2 N–H and O–H groups in total. The monoisotopic (exact) mass is 315 g/mol. The van der Waals surface area contributed by atoms with E-state index in [1.54, 1.807) is 45.0 Å². The minimum atomic E-state index is -0.570. The Morgan fingerprint density at radius 2 is 2.22 bits per heavy atom. The van der Waals surface area contributed by atoms with Gasteiger partial charge in [-0.1, -0.05) is 17.2 Å². The SMILES string of the molecule is CC1=C(C(=O)OC(C)C)C(c2cccc(O)c2)n2nnnc2N1. The number of hydrogen-bond donors (Lipinski definition) is 2. The van der Waals surface area contributed by atoms with Crippen molar-refractivity contribution < 1.29 is 14.6 Å². The lowest BCUT2D eigenvalue weighted by Gasteiger charge is -2.27. The molecule has 3 rings (SSSR count). The van der Waals surface area contributed by atoms with E-state index in [4.69, 9.17) is 4.74 Å². The van der Waals surface area contributed by atoms with E-state index in [0.29, 0.717) is 22.8 Å². The van der Waals surface area contributed by atoms with Crippen LogP contribution in [0.5, 0.6) is 5.75 Å². The zero-order chi connectivity index (χ0) is 16.6. The second kappa shape index (κ2) is 5.71. The minimum Gasteiger partial charge on any atom is -0.508 e. The highest BCUT2D eigenvalue weighted by Gasteiger charge is 2.35. The number of hydrogen-bond acceptors (Lipinski definition) is 7. The average molecular weight is 315 g/mol. The number of anilines is 1. The van der Waals surface area contributed by atoms with E-state index in [2.05, 4.69) is 20.8 Å². The molecule has 0 amide bonds. The van der Waals surface area contributed by atoms with Gasteiger partial charge in [-0.25, -0.2) is 4.79 Å². The summed E-state index contributed by atoms with van der Waals surface area (Å²) in [6, 6.07) is 6.08. The van der Waals surface area contributed by atoms with Crippen LogP contribution in [0.3, 0.4) is 0 Å². The first-order valence-electron chi connectivity index (χ1n) is 7.23. The number of nitrogens with zero attached hydrogens (tertiary/aromatic N) is 4. The number of phenols is 1. The molecule has 2 heterocycles. The largest absolute Gasteiger partial charge is 0.508 e. The maximum absolute atomic E-state index is 12.6. The van der Waals surface area contributed by atoms with Gasteiger partial charge in [0.05, 0.1) is 11.7 Å². The Labute approximate surface area is 132 Å². The molecule has 23 heavy (non-hydrogen) atoms. The van der Waals surface area contributed by atoms with Gasteiger partial charge in [0.2, 0.25) is 5.95 Å². The molecule has 0 fully saturated rings. The smallest absolute Gasteiger partial charge is 0.338 e. The number of aromatic nitrogens is 4. The molecular formula is C15H17N5O3. The third-order valence-electron chi connectivity index (χ3n) is 3.46. The van der Waals surface area contributed by atoms with Gasteiger partial charge in [-0.2, -0.15) is 4.68 Å². The number of rotatable bonds is 3. The summed E-state index contributed by atoms with van der Waals surface area (Å²) < 4.78 is 6.85. The van der Waals surface area contributed by atoms with Crippen molar-refractivity contribution in [2.24, 2.45) is 0 Å². The second-order valence-electron chi connectivity index (χ2n) is 5.56. The number of fused-ring (bicyclic) bond motifs is 1. The molecule has 1 atom stereocenters. The molecule has 1 aliphatic rings. The van der Waals surface area contributed by atoms with Gasteiger partial charge in [0.15, 0.2) is 0 Å². The summed E-state index contributed by atoms with van der Waals surface area (Å²) in [6.07, 6.45) is -0.247. The molecule has 0 bridgehead atoms. The Balaban J connectivity index is 2.13. The van der Waals surface area contributed by atoms with Crippen molar-refractivity contribution >= 4 is 11.9 Å². The first kappa shape index (κ1) is 15.0. The predicted octanol–water partition coefficient (Wildman–Crippen LogP) is 1.62. The van der Waals surface area contributed by atoms with Crippen LogP contribution >= 0.6 is 0 Å². The van der Waals surface area contributed by atoms with Crippen LogP contribution in [0.1, 0.15) is 32.4 Å². The summed E-state index contributed by atoms with van der Waals surface area (Å²) >= 11 is 0. The van der Waals surface area contributed by atoms with Crippen molar-refractivity contribution in [2.75, 3.05) is 5.32 Å². The maximum Gasteiger partial charge on any atom is 0.338 e. The molecule has 1 aliphatic heterocycles. The number of esters is 1. The van der Waals surface area contributed by atoms with Gasteiger partial charge in [0, 0.05) is 5.70 Å². The number of phenolic OH excluding ortho intramolecular Hbond substituents is 1. The second-order valence-corrected chi connectivity index (χ2v) is 5.56. The third-order valence-corrected chi connectivity index (χ3v) is 3.46. The summed E-state index contributed by atoms with van der Waals surface area (Å²) in [6.45, 7) is 5.34. The molecular weight excluding hydrogens is 298 g/mol. The van der Waals surface area contributed by atoms with Crippen molar-refractivity contribution in [1.29, 1.82) is 0 Å². The van der Waals surface area contributed by atoms with Crippen molar-refractivity contribution in [3.05, 3.63) is 41.1 Å². The van der Waals surface area contributed by atoms with E-state index in [1.165, 1.54) is 4.68 Å². The zero-order valence-electron chi connectivity index (χ0n) is 13.0. The van der Waals surface area contributed by atoms with E-state index in [9.17, 15) is 9.90 Å². The van der Waals surface area contributed by atoms with Gasteiger partial charge >= 0.3 is 5.97 Å². The van der Waals surface area contributed by atoms with Crippen LogP contribution in [0.15, 0.2) is 35.5 Å². The molecule has 1 aromatic carbocycles. The quantitative estimate of drug-likeness (QED) is 0.830. The highest BCUT2D eigenvalue weighted by Crippen LogP contribution is 2.35. The summed E-state index contributed by atoms with van der Waals surface area (Å²) in [7, 11) is 0. The van der Waals surface area contributed by atoms with E-state index in [1.807, 2.05) is 0 Å². The molecule has 0 saturated heterocycles. The number of tetrazole rings is 1. The fourth-order valence-electron chi connectivity index (χ4n) is 2.56. The Hall–Kier alpha value is -2.90. The van der Waals surface area contributed by atoms with Crippen molar-refractivity contribution in [3.63, 3.8) is 0 Å². The van der Waals surface area contributed by atoms with Crippen LogP contribution in [0.4, 0.5) is 5.95 Å². The van der Waals surface area contributed by atoms with Crippen LogP contribution in [0.25, 0.3) is 0 Å². The number of allylic oxidation sites excluding steroid dienone is 1. The highest BCUT2D eigenvalue weighted by atomic mass is 16.5. The Morgan fingerprint density at radius 1 is 1.43 bits per heavy atom.